The van der Waals surface area contributed by atoms with Crippen LogP contribution < -0.4 is 21.2 Å². The zero-order valence-corrected chi connectivity index (χ0v) is 26.5. The highest BCUT2D eigenvalue weighted by Gasteiger charge is 2.24. The molecule has 224 valence electrons. The van der Waals surface area contributed by atoms with Crippen LogP contribution in [-0.4, -0.2) is 4.98 Å². The summed E-state index contributed by atoms with van der Waals surface area (Å²) in [6.45, 7) is 24.2. The monoisotopic (exact) mass is 589 g/mol. The number of aromatic amines is 1. The van der Waals surface area contributed by atoms with Crippen molar-refractivity contribution < 1.29 is 8.83 Å². The van der Waals surface area contributed by atoms with Crippen molar-refractivity contribution in [2.24, 2.45) is 0 Å². The van der Waals surface area contributed by atoms with Crippen molar-refractivity contribution in [3.8, 4) is 11.1 Å². The molecule has 0 saturated carbocycles. The predicted octanol–water partition coefficient (Wildman–Crippen LogP) is 9.06. The van der Waals surface area contributed by atoms with Crippen molar-refractivity contribution in [2.45, 2.75) is 27.7 Å². The van der Waals surface area contributed by atoms with Gasteiger partial charge in [-0.05, 0) is 57.5 Å². The highest BCUT2D eigenvalue weighted by atomic mass is 16.3. The second-order valence-corrected chi connectivity index (χ2v) is 10.5. The van der Waals surface area contributed by atoms with Gasteiger partial charge in [-0.3, -0.25) is 0 Å². The third kappa shape index (κ3) is 5.38. The molecule has 3 aromatic heterocycles. The summed E-state index contributed by atoms with van der Waals surface area (Å²) in [7, 11) is 0. The van der Waals surface area contributed by atoms with E-state index < -0.39 is 0 Å². The summed E-state index contributed by atoms with van der Waals surface area (Å²) in [5, 5.41) is 5.33. The minimum atomic E-state index is 0.682. The SMILES string of the molecule is C=C/C=C(/C(=C/C)c1oc2c(-c3ccc4[nH]c(=C/C=C\C)/c(=C\C)c4c3)cccc2c1C=C)c1oc(=C/C)/c(=C\C=C)c1C=C. The molecule has 0 aliphatic carbocycles. The topological polar surface area (TPSA) is 42.1 Å². The molecule has 5 rings (SSSR count). The first-order valence-electron chi connectivity index (χ1n) is 15.1. The molecule has 0 aliphatic rings. The van der Waals surface area contributed by atoms with E-state index in [1.165, 1.54) is 5.22 Å². The molecule has 0 radical (unpaired) electrons. The predicted molar refractivity (Wildman–Crippen MR) is 197 cm³/mol. The van der Waals surface area contributed by atoms with Gasteiger partial charge in [-0.2, -0.15) is 0 Å². The molecular formula is C42H39NO2. The molecule has 0 atom stereocenters. The summed E-state index contributed by atoms with van der Waals surface area (Å²) in [4.78, 5) is 3.56. The Morgan fingerprint density at radius 1 is 0.756 bits per heavy atom. The maximum absolute atomic E-state index is 6.84. The Morgan fingerprint density at radius 2 is 1.53 bits per heavy atom. The van der Waals surface area contributed by atoms with Gasteiger partial charge in [0, 0.05) is 59.9 Å². The van der Waals surface area contributed by atoms with Gasteiger partial charge in [0.15, 0.2) is 0 Å². The van der Waals surface area contributed by atoms with Crippen LogP contribution in [0.4, 0.5) is 0 Å². The number of hydrogen-bond acceptors (Lipinski definition) is 2. The molecule has 3 heterocycles. The number of nitrogens with one attached hydrogen (secondary N) is 1. The van der Waals surface area contributed by atoms with Gasteiger partial charge in [-0.1, -0.05) is 111 Å². The lowest BCUT2D eigenvalue weighted by Crippen LogP contribution is -2.21. The maximum atomic E-state index is 6.84. The minimum absolute atomic E-state index is 0.682. The molecule has 0 bridgehead atoms. The summed E-state index contributed by atoms with van der Waals surface area (Å²) in [6.07, 6.45) is 23.4. The highest BCUT2D eigenvalue weighted by molar-refractivity contribution is 6.10. The standard InChI is InChI=1S/C42H39NO2/c1-9-17-23-37-28(12-4)36-26-27(24-25-38(36)43-37)32-21-18-22-35-31(15-7)40(45-42(32)35)30(14-6)34(20-11-3)41-29(13-5)33(19-10-2)39(16-8)44-41/h9-26,43H,2-3,5,7H2,1,4,6,8H3/b17-9-,28-12-,30-14-,33-19-,34-20-,37-23+,39-16+. The lowest BCUT2D eigenvalue weighted by molar-refractivity contribution is 0.518. The minimum Gasteiger partial charge on any atom is -0.456 e. The van der Waals surface area contributed by atoms with E-state index in [4.69, 9.17) is 8.83 Å². The number of fused-ring (bicyclic) bond motifs is 2. The van der Waals surface area contributed by atoms with E-state index in [2.05, 4.69) is 92.8 Å². The molecule has 3 heteroatoms. The Labute approximate surface area is 264 Å². The van der Waals surface area contributed by atoms with E-state index in [0.717, 1.165) is 71.3 Å². The highest BCUT2D eigenvalue weighted by Crippen LogP contribution is 2.42. The van der Waals surface area contributed by atoms with Crippen molar-refractivity contribution in [3.05, 3.63) is 143 Å². The van der Waals surface area contributed by atoms with E-state index in [9.17, 15) is 0 Å². The largest absolute Gasteiger partial charge is 0.456 e. The molecule has 5 aromatic rings. The molecule has 0 aliphatic heterocycles. The van der Waals surface area contributed by atoms with Gasteiger partial charge in [-0.25, -0.2) is 0 Å². The van der Waals surface area contributed by atoms with Crippen LogP contribution in [0.2, 0.25) is 0 Å². The Kier molecular flexibility index (Phi) is 9.20. The summed E-state index contributed by atoms with van der Waals surface area (Å²) in [6, 6.07) is 12.8. The Morgan fingerprint density at radius 3 is 2.18 bits per heavy atom. The molecule has 0 unspecified atom stereocenters. The van der Waals surface area contributed by atoms with Crippen LogP contribution in [0.1, 0.15) is 50.3 Å². The third-order valence-electron chi connectivity index (χ3n) is 8.00. The number of hydrogen-bond donors (Lipinski definition) is 1. The zero-order valence-electron chi connectivity index (χ0n) is 26.5. The van der Waals surface area contributed by atoms with E-state index in [-0.39, 0.29) is 0 Å². The molecular weight excluding hydrogens is 550 g/mol. The van der Waals surface area contributed by atoms with Crippen LogP contribution in [0, 0.1) is 0 Å². The fourth-order valence-corrected chi connectivity index (χ4v) is 6.00. The molecule has 0 fully saturated rings. The number of furan rings is 2. The van der Waals surface area contributed by atoms with Crippen molar-refractivity contribution in [1.82, 2.24) is 4.98 Å². The third-order valence-corrected chi connectivity index (χ3v) is 8.00. The van der Waals surface area contributed by atoms with E-state index in [0.29, 0.717) is 11.5 Å². The Balaban J connectivity index is 1.77. The molecule has 0 amide bonds. The van der Waals surface area contributed by atoms with Gasteiger partial charge in [0.2, 0.25) is 0 Å². The van der Waals surface area contributed by atoms with Crippen LogP contribution in [-0.2, 0) is 0 Å². The zero-order chi connectivity index (χ0) is 32.1. The van der Waals surface area contributed by atoms with Crippen molar-refractivity contribution >= 4 is 69.5 Å². The Hall–Kier alpha value is -5.54. The number of allylic oxidation sites excluding steroid dienone is 8. The van der Waals surface area contributed by atoms with Crippen LogP contribution in [0.15, 0.2) is 108 Å². The van der Waals surface area contributed by atoms with Gasteiger partial charge < -0.3 is 13.8 Å². The van der Waals surface area contributed by atoms with Crippen molar-refractivity contribution in [1.29, 1.82) is 0 Å². The summed E-state index contributed by atoms with van der Waals surface area (Å²) >= 11 is 0. The average Bonchev–Trinajstić information content (AvgIpc) is 3.73. The Bertz CT molecular complexity index is 2320. The van der Waals surface area contributed by atoms with Crippen molar-refractivity contribution in [3.63, 3.8) is 0 Å². The molecule has 1 N–H and O–H groups in total. The fraction of sp³-hybridized carbons (Fsp3) is 0.0952. The van der Waals surface area contributed by atoms with Gasteiger partial charge in [0.1, 0.15) is 22.5 Å². The lowest BCUT2D eigenvalue weighted by Gasteiger charge is -2.10. The number of H-pyrrole nitrogens is 1. The quantitative estimate of drug-likeness (QED) is 0.174. The van der Waals surface area contributed by atoms with Gasteiger partial charge in [0.05, 0.1) is 0 Å². The summed E-state index contributed by atoms with van der Waals surface area (Å²) in [5.41, 5.74) is 8.19. The molecule has 3 nitrogen and oxygen atoms in total. The second kappa shape index (κ2) is 13.4. The molecule has 2 aromatic carbocycles. The van der Waals surface area contributed by atoms with Crippen LogP contribution in [0.5, 0.6) is 0 Å². The summed E-state index contributed by atoms with van der Waals surface area (Å²) < 4.78 is 13.3. The van der Waals surface area contributed by atoms with E-state index in [1.54, 1.807) is 12.2 Å². The van der Waals surface area contributed by atoms with Gasteiger partial charge in [0.25, 0.3) is 0 Å². The van der Waals surface area contributed by atoms with Gasteiger partial charge in [-0.15, -0.1) is 0 Å². The van der Waals surface area contributed by atoms with Crippen LogP contribution in [0.3, 0.4) is 0 Å². The van der Waals surface area contributed by atoms with Crippen molar-refractivity contribution in [2.75, 3.05) is 0 Å². The maximum Gasteiger partial charge on any atom is 0.143 e. The normalized spacial score (nSPS) is 14.4. The lowest BCUT2D eigenvalue weighted by atomic mass is 9.94. The number of aromatic nitrogens is 1. The summed E-state index contributed by atoms with van der Waals surface area (Å²) in [5.74, 6) is 1.39. The first-order chi connectivity index (χ1) is 22.0. The number of benzene rings is 2. The van der Waals surface area contributed by atoms with Gasteiger partial charge >= 0.3 is 0 Å². The smallest absolute Gasteiger partial charge is 0.143 e. The van der Waals surface area contributed by atoms with E-state index >= 15 is 0 Å². The van der Waals surface area contributed by atoms with E-state index in [1.807, 2.05) is 63.3 Å². The second-order valence-electron chi connectivity index (χ2n) is 10.5. The first-order valence-corrected chi connectivity index (χ1v) is 15.1. The average molecular weight is 590 g/mol. The molecule has 0 spiro atoms. The van der Waals surface area contributed by atoms with Crippen LogP contribution >= 0.6 is 0 Å². The molecule has 0 saturated heterocycles. The molecule has 45 heavy (non-hydrogen) atoms. The number of rotatable bonds is 9. The van der Waals surface area contributed by atoms with Crippen LogP contribution in [0.25, 0.3) is 80.6 Å². The first kappa shape index (κ1) is 30.9. The fourth-order valence-electron chi connectivity index (χ4n) is 6.00. The number of para-hydroxylation sites is 1.